The monoisotopic (exact) mass is 529 g/mol. The van der Waals surface area contributed by atoms with Crippen molar-refractivity contribution in [1.29, 1.82) is 0 Å². The van der Waals surface area contributed by atoms with Crippen molar-refractivity contribution in [3.63, 3.8) is 0 Å². The minimum absolute atomic E-state index is 0.00712. The van der Waals surface area contributed by atoms with Crippen LogP contribution in [-0.2, 0) is 17.5 Å². The number of carboxylic acid groups (broad SMARTS) is 1. The number of piperidine rings is 1. The summed E-state index contributed by atoms with van der Waals surface area (Å²) in [5.74, 6) is -3.06. The van der Waals surface area contributed by atoms with Crippen molar-refractivity contribution < 1.29 is 41.0 Å². The van der Waals surface area contributed by atoms with Gasteiger partial charge in [0.25, 0.3) is 0 Å². The second-order valence-corrected chi connectivity index (χ2v) is 10.6. The van der Waals surface area contributed by atoms with Crippen molar-refractivity contribution in [3.05, 3.63) is 41.5 Å². The Morgan fingerprint density at radius 1 is 0.919 bits per heavy atom. The smallest absolute Gasteiger partial charge is 0.420 e. The number of nitrogens with zero attached hydrogens (tertiary/aromatic N) is 1. The van der Waals surface area contributed by atoms with Crippen molar-refractivity contribution in [2.75, 3.05) is 0 Å². The van der Waals surface area contributed by atoms with Gasteiger partial charge in [0.1, 0.15) is 11.3 Å². The largest absolute Gasteiger partial charge is 0.490 e. The molecule has 1 saturated carbocycles. The van der Waals surface area contributed by atoms with Gasteiger partial charge < -0.3 is 9.84 Å². The second kappa shape index (κ2) is 9.67. The normalized spacial score (nSPS) is 29.0. The zero-order valence-corrected chi connectivity index (χ0v) is 20.1. The molecule has 0 aromatic heterocycles. The molecule has 2 aliphatic heterocycles. The van der Waals surface area contributed by atoms with Crippen molar-refractivity contribution in [3.8, 4) is 5.75 Å². The van der Waals surface area contributed by atoms with Gasteiger partial charge in [0.2, 0.25) is 0 Å². The zero-order valence-electron chi connectivity index (χ0n) is 20.1. The summed E-state index contributed by atoms with van der Waals surface area (Å²) in [6, 6.07) is 7.84. The van der Waals surface area contributed by atoms with Gasteiger partial charge in [-0.05, 0) is 68.4 Å². The fraction of sp³-hybridized carbons (Fsp3) is 0.593. The third-order valence-corrected chi connectivity index (χ3v) is 8.39. The van der Waals surface area contributed by atoms with E-state index in [2.05, 4.69) is 4.90 Å². The van der Waals surface area contributed by atoms with Crippen molar-refractivity contribution in [1.82, 2.24) is 4.90 Å². The number of carboxylic acids is 1. The van der Waals surface area contributed by atoms with Gasteiger partial charge in [-0.15, -0.1) is 0 Å². The first-order valence-electron chi connectivity index (χ1n) is 12.8. The number of hydrogen-bond acceptors (Lipinski definition) is 3. The first-order chi connectivity index (χ1) is 17.4. The molecule has 2 atom stereocenters. The van der Waals surface area contributed by atoms with Crippen LogP contribution in [0.15, 0.2) is 30.3 Å². The second-order valence-electron chi connectivity index (χ2n) is 10.6. The molecule has 2 unspecified atom stereocenters. The standard InChI is InChI=1S/C27H29F6NO3/c28-26(29,30)18-5-9-21(10-6-18)37-22-11-4-15-2-1-3-16(23(15)24(22)27(31,32)33)14-34-19-7-8-20(34)13-17(12-19)25(35)36/h1-4,11,17-21H,5-10,12-14H2,(H,35,36). The van der Waals surface area contributed by atoms with E-state index in [0.29, 0.717) is 23.8 Å². The molecule has 4 nitrogen and oxygen atoms in total. The molecule has 3 fully saturated rings. The molecule has 1 N–H and O–H groups in total. The minimum atomic E-state index is -4.73. The van der Waals surface area contributed by atoms with Gasteiger partial charge in [0.05, 0.1) is 17.9 Å². The number of fused-ring (bicyclic) bond motifs is 3. The zero-order chi connectivity index (χ0) is 26.5. The molecule has 2 heterocycles. The number of halogens is 6. The van der Waals surface area contributed by atoms with Crippen LogP contribution in [0.2, 0.25) is 0 Å². The van der Waals surface area contributed by atoms with Crippen LogP contribution < -0.4 is 4.74 Å². The van der Waals surface area contributed by atoms with Crippen LogP contribution in [0.1, 0.15) is 62.5 Å². The fourth-order valence-corrected chi connectivity index (χ4v) is 6.57. The van der Waals surface area contributed by atoms with Crippen molar-refractivity contribution in [2.45, 2.75) is 88.5 Å². The van der Waals surface area contributed by atoms with Crippen LogP contribution >= 0.6 is 0 Å². The summed E-state index contributed by atoms with van der Waals surface area (Å²) >= 11 is 0. The molecule has 3 aliphatic rings. The van der Waals surface area contributed by atoms with E-state index in [1.54, 1.807) is 24.3 Å². The van der Waals surface area contributed by atoms with Gasteiger partial charge in [-0.3, -0.25) is 9.69 Å². The number of benzene rings is 2. The summed E-state index contributed by atoms with van der Waals surface area (Å²) in [4.78, 5) is 13.7. The van der Waals surface area contributed by atoms with Crippen LogP contribution in [0.3, 0.4) is 0 Å². The van der Waals surface area contributed by atoms with Gasteiger partial charge in [0.15, 0.2) is 0 Å². The Balaban J connectivity index is 1.45. The summed E-state index contributed by atoms with van der Waals surface area (Å²) in [5.41, 5.74) is -0.409. The Hall–Kier alpha value is -2.49. The van der Waals surface area contributed by atoms with Gasteiger partial charge in [-0.25, -0.2) is 0 Å². The number of carbonyl (C=O) groups is 1. The Morgan fingerprint density at radius 3 is 2.14 bits per heavy atom. The molecule has 0 radical (unpaired) electrons. The first-order valence-corrected chi connectivity index (χ1v) is 12.8. The number of rotatable bonds is 5. The third kappa shape index (κ3) is 5.26. The number of hydrogen-bond donors (Lipinski definition) is 1. The maximum absolute atomic E-state index is 14.5. The lowest BCUT2D eigenvalue weighted by molar-refractivity contribution is -0.185. The SMILES string of the molecule is O=C(O)C1CC2CCC(C1)N2Cc1cccc2ccc(OC3CCC(C(F)(F)F)CC3)c(C(F)(F)F)c12. The van der Waals surface area contributed by atoms with Crippen LogP contribution in [0.4, 0.5) is 26.3 Å². The lowest BCUT2D eigenvalue weighted by Gasteiger charge is -2.38. The quantitative estimate of drug-likeness (QED) is 0.417. The molecule has 1 aliphatic carbocycles. The van der Waals surface area contributed by atoms with Crippen LogP contribution in [0.5, 0.6) is 5.75 Å². The summed E-state index contributed by atoms with van der Waals surface area (Å²) in [6.07, 6.45) is -7.38. The molecule has 2 bridgehead atoms. The summed E-state index contributed by atoms with van der Waals surface area (Å²) in [7, 11) is 0. The van der Waals surface area contributed by atoms with Crippen molar-refractivity contribution in [2.24, 2.45) is 11.8 Å². The van der Waals surface area contributed by atoms with E-state index in [4.69, 9.17) is 4.74 Å². The maximum atomic E-state index is 14.5. The summed E-state index contributed by atoms with van der Waals surface area (Å²) in [6.45, 7) is 0.266. The molecule has 5 rings (SSSR count). The van der Waals surface area contributed by atoms with Gasteiger partial charge in [-0.2, -0.15) is 26.3 Å². The topological polar surface area (TPSA) is 49.8 Å². The molecule has 2 aromatic rings. The average molecular weight is 530 g/mol. The van der Waals surface area contributed by atoms with E-state index in [1.807, 2.05) is 0 Å². The van der Waals surface area contributed by atoms with Crippen LogP contribution in [-0.4, -0.2) is 40.3 Å². The summed E-state index contributed by atoms with van der Waals surface area (Å²) in [5, 5.41) is 9.90. The Bertz CT molecular complexity index is 1140. The molecular formula is C27H29F6NO3. The Morgan fingerprint density at radius 2 is 1.57 bits per heavy atom. The molecule has 10 heteroatoms. The van der Waals surface area contributed by atoms with E-state index >= 15 is 0 Å². The molecule has 0 spiro atoms. The number of alkyl halides is 6. The average Bonchev–Trinajstić information content (AvgIpc) is 3.04. The lowest BCUT2D eigenvalue weighted by atomic mass is 9.87. The highest BCUT2D eigenvalue weighted by Gasteiger charge is 2.45. The van der Waals surface area contributed by atoms with Gasteiger partial charge in [-0.1, -0.05) is 24.3 Å². The number of ether oxygens (including phenoxy) is 1. The molecule has 202 valence electrons. The first kappa shape index (κ1) is 26.1. The maximum Gasteiger partial charge on any atom is 0.420 e. The fourth-order valence-electron chi connectivity index (χ4n) is 6.57. The van der Waals surface area contributed by atoms with E-state index < -0.39 is 41.8 Å². The Kier molecular flexibility index (Phi) is 6.83. The third-order valence-electron chi connectivity index (χ3n) is 8.39. The lowest BCUT2D eigenvalue weighted by Crippen LogP contribution is -2.44. The summed E-state index contributed by atoms with van der Waals surface area (Å²) < 4.78 is 88.4. The molecule has 2 aromatic carbocycles. The van der Waals surface area contributed by atoms with Crippen LogP contribution in [0.25, 0.3) is 10.8 Å². The molecule has 37 heavy (non-hydrogen) atoms. The predicted octanol–water partition coefficient (Wildman–Crippen LogP) is 7.19. The van der Waals surface area contributed by atoms with E-state index in [1.165, 1.54) is 6.07 Å². The molecular weight excluding hydrogens is 500 g/mol. The highest BCUT2D eigenvalue weighted by Crippen LogP contribution is 2.46. The molecule has 0 amide bonds. The van der Waals surface area contributed by atoms with E-state index in [9.17, 15) is 36.2 Å². The van der Waals surface area contributed by atoms with Crippen molar-refractivity contribution >= 4 is 16.7 Å². The predicted molar refractivity (Wildman–Crippen MR) is 124 cm³/mol. The van der Waals surface area contributed by atoms with Crippen LogP contribution in [0, 0.1) is 11.8 Å². The highest BCUT2D eigenvalue weighted by atomic mass is 19.4. The van der Waals surface area contributed by atoms with Gasteiger partial charge >= 0.3 is 18.3 Å². The molecule has 2 saturated heterocycles. The highest BCUT2D eigenvalue weighted by molar-refractivity contribution is 5.91. The Labute approximate surface area is 210 Å². The van der Waals surface area contributed by atoms with E-state index in [-0.39, 0.29) is 55.4 Å². The van der Waals surface area contributed by atoms with Gasteiger partial charge in [0, 0.05) is 24.0 Å². The number of aliphatic carboxylic acids is 1. The minimum Gasteiger partial charge on any atom is -0.490 e. The van der Waals surface area contributed by atoms with E-state index in [0.717, 1.165) is 12.8 Å².